The molecule has 2 aromatic rings. The summed E-state index contributed by atoms with van der Waals surface area (Å²) in [6.45, 7) is 0. The van der Waals surface area contributed by atoms with Gasteiger partial charge >= 0.3 is 5.30 Å². The number of thioether (sulfide) groups is 1. The highest BCUT2D eigenvalue weighted by Crippen LogP contribution is 2.34. The lowest BCUT2D eigenvalue weighted by atomic mass is 10.3. The van der Waals surface area contributed by atoms with Crippen molar-refractivity contribution >= 4 is 51.6 Å². The van der Waals surface area contributed by atoms with Crippen molar-refractivity contribution in [2.45, 2.75) is 4.34 Å². The predicted octanol–water partition coefficient (Wildman–Crippen LogP) is 4.74. The highest BCUT2D eigenvalue weighted by atomic mass is 35.5. The van der Waals surface area contributed by atoms with Crippen LogP contribution in [0, 0.1) is 0 Å². The van der Waals surface area contributed by atoms with Crippen LogP contribution >= 0.6 is 46.3 Å². The van der Waals surface area contributed by atoms with Gasteiger partial charge in [-0.25, -0.2) is 9.78 Å². The first-order chi connectivity index (χ1) is 8.15. The molecule has 0 fully saturated rings. The maximum Gasteiger partial charge on any atom is 0.379 e. The van der Waals surface area contributed by atoms with Gasteiger partial charge in [-0.1, -0.05) is 52.7 Å². The Hall–Kier alpha value is -0.750. The molecule has 0 saturated carbocycles. The number of ether oxygens (including phenoxy) is 1. The summed E-state index contributed by atoms with van der Waals surface area (Å²) in [6.07, 6.45) is 0. The SMILES string of the molecule is O=C(Oc1ccccc1)Sc1nc(Cl)c(Cl)s1. The van der Waals surface area contributed by atoms with Crippen LogP contribution in [-0.4, -0.2) is 10.3 Å². The lowest BCUT2D eigenvalue weighted by Crippen LogP contribution is -1.99. The summed E-state index contributed by atoms with van der Waals surface area (Å²) in [5.74, 6) is 0.485. The van der Waals surface area contributed by atoms with Crippen molar-refractivity contribution in [2.24, 2.45) is 0 Å². The molecule has 0 bridgehead atoms. The van der Waals surface area contributed by atoms with Crippen molar-refractivity contribution in [3.8, 4) is 5.75 Å². The summed E-state index contributed by atoms with van der Waals surface area (Å²) in [5.41, 5.74) is 0. The van der Waals surface area contributed by atoms with Gasteiger partial charge in [0.2, 0.25) is 0 Å². The van der Waals surface area contributed by atoms with Crippen molar-refractivity contribution in [1.82, 2.24) is 4.98 Å². The summed E-state index contributed by atoms with van der Waals surface area (Å²) in [6, 6.07) is 8.79. The largest absolute Gasteiger partial charge is 0.418 e. The molecule has 3 nitrogen and oxygen atoms in total. The van der Waals surface area contributed by atoms with Gasteiger partial charge in [0.05, 0.1) is 0 Å². The molecule has 1 heterocycles. The topological polar surface area (TPSA) is 39.2 Å². The first-order valence-corrected chi connectivity index (χ1v) is 6.80. The molecule has 0 N–H and O–H groups in total. The number of carbonyl (C=O) groups excluding carboxylic acids is 1. The van der Waals surface area contributed by atoms with E-state index >= 15 is 0 Å². The van der Waals surface area contributed by atoms with Gasteiger partial charge in [0, 0.05) is 11.8 Å². The van der Waals surface area contributed by atoms with E-state index in [9.17, 15) is 4.79 Å². The molecular weight excluding hydrogens is 301 g/mol. The molecule has 0 aliphatic rings. The zero-order valence-electron chi connectivity index (χ0n) is 8.22. The summed E-state index contributed by atoms with van der Waals surface area (Å²) in [5, 5.41) is -0.273. The van der Waals surface area contributed by atoms with Crippen LogP contribution in [0.5, 0.6) is 5.75 Å². The molecule has 7 heteroatoms. The standard InChI is InChI=1S/C10H5Cl2NO2S2/c11-7-8(12)16-9(13-7)17-10(14)15-6-4-2-1-3-5-6/h1-5H. The second-order valence-electron chi connectivity index (χ2n) is 2.81. The van der Waals surface area contributed by atoms with Crippen LogP contribution in [0.3, 0.4) is 0 Å². The number of para-hydroxylation sites is 1. The fourth-order valence-electron chi connectivity index (χ4n) is 0.986. The number of nitrogens with zero attached hydrogens (tertiary/aromatic N) is 1. The fraction of sp³-hybridized carbons (Fsp3) is 0. The van der Waals surface area contributed by atoms with E-state index in [1.54, 1.807) is 24.3 Å². The minimum Gasteiger partial charge on any atom is -0.418 e. The molecule has 0 saturated heterocycles. The first kappa shape index (κ1) is 12.7. The highest BCUT2D eigenvalue weighted by molar-refractivity contribution is 8.14. The van der Waals surface area contributed by atoms with Crippen molar-refractivity contribution in [3.63, 3.8) is 0 Å². The normalized spacial score (nSPS) is 10.2. The van der Waals surface area contributed by atoms with Crippen LogP contribution in [0.4, 0.5) is 4.79 Å². The van der Waals surface area contributed by atoms with Gasteiger partial charge in [0.15, 0.2) is 9.49 Å². The van der Waals surface area contributed by atoms with Crippen LogP contribution in [0.1, 0.15) is 0 Å². The molecule has 1 aromatic carbocycles. The molecule has 0 atom stereocenters. The van der Waals surface area contributed by atoms with E-state index < -0.39 is 5.30 Å². The number of carbonyl (C=O) groups is 1. The second kappa shape index (κ2) is 5.73. The monoisotopic (exact) mass is 305 g/mol. The molecule has 0 spiro atoms. The Balaban J connectivity index is 1.98. The molecule has 0 aliphatic heterocycles. The number of hydrogen-bond donors (Lipinski definition) is 0. The Morgan fingerprint density at radius 2 is 2.00 bits per heavy atom. The Morgan fingerprint density at radius 3 is 2.59 bits per heavy atom. The van der Waals surface area contributed by atoms with E-state index in [2.05, 4.69) is 4.98 Å². The second-order valence-corrected chi connectivity index (χ2v) is 5.95. The maximum absolute atomic E-state index is 11.5. The number of hydrogen-bond acceptors (Lipinski definition) is 5. The van der Waals surface area contributed by atoms with Crippen molar-refractivity contribution < 1.29 is 9.53 Å². The molecule has 0 amide bonds. The smallest absolute Gasteiger partial charge is 0.379 e. The van der Waals surface area contributed by atoms with Crippen LogP contribution in [0.25, 0.3) is 0 Å². The van der Waals surface area contributed by atoms with E-state index in [4.69, 9.17) is 27.9 Å². The quantitative estimate of drug-likeness (QED) is 0.593. The minimum absolute atomic E-state index is 0.201. The van der Waals surface area contributed by atoms with Crippen molar-refractivity contribution in [3.05, 3.63) is 39.8 Å². The third kappa shape index (κ3) is 3.61. The molecule has 0 radical (unpaired) electrons. The minimum atomic E-state index is -0.474. The van der Waals surface area contributed by atoms with Gasteiger partial charge in [0.25, 0.3) is 0 Å². The van der Waals surface area contributed by atoms with Crippen LogP contribution < -0.4 is 4.74 Å². The molecule has 0 unspecified atom stereocenters. The third-order valence-corrected chi connectivity index (χ3v) is 4.19. The van der Waals surface area contributed by atoms with Crippen LogP contribution in [-0.2, 0) is 0 Å². The molecule has 88 valence electrons. The third-order valence-electron chi connectivity index (χ3n) is 1.64. The number of aromatic nitrogens is 1. The summed E-state index contributed by atoms with van der Waals surface area (Å²) in [4.78, 5) is 15.4. The lowest BCUT2D eigenvalue weighted by molar-refractivity contribution is 0.227. The predicted molar refractivity (Wildman–Crippen MR) is 70.5 cm³/mol. The van der Waals surface area contributed by atoms with E-state index in [-0.39, 0.29) is 5.15 Å². The van der Waals surface area contributed by atoms with Gasteiger partial charge in [-0.05, 0) is 12.1 Å². The molecule has 1 aromatic heterocycles. The fourth-order valence-corrected chi connectivity index (χ4v) is 3.14. The maximum atomic E-state index is 11.5. The Bertz CT molecular complexity index is 511. The van der Waals surface area contributed by atoms with E-state index in [0.717, 1.165) is 23.1 Å². The van der Waals surface area contributed by atoms with Crippen LogP contribution in [0.15, 0.2) is 34.7 Å². The zero-order chi connectivity index (χ0) is 12.3. The molecule has 17 heavy (non-hydrogen) atoms. The number of thiazole rings is 1. The van der Waals surface area contributed by atoms with Crippen LogP contribution in [0.2, 0.25) is 9.49 Å². The summed E-state index contributed by atoms with van der Waals surface area (Å²) in [7, 11) is 0. The van der Waals surface area contributed by atoms with E-state index in [1.165, 1.54) is 0 Å². The first-order valence-electron chi connectivity index (χ1n) is 4.41. The molecule has 2 rings (SSSR count). The highest BCUT2D eigenvalue weighted by Gasteiger charge is 2.13. The number of rotatable bonds is 2. The van der Waals surface area contributed by atoms with Gasteiger partial charge < -0.3 is 4.74 Å². The van der Waals surface area contributed by atoms with Gasteiger partial charge in [0.1, 0.15) is 10.1 Å². The number of halogens is 2. The van der Waals surface area contributed by atoms with E-state index in [1.807, 2.05) is 6.07 Å². The van der Waals surface area contributed by atoms with E-state index in [0.29, 0.717) is 14.4 Å². The van der Waals surface area contributed by atoms with Gasteiger partial charge in [-0.2, -0.15) is 0 Å². The number of benzene rings is 1. The summed E-state index contributed by atoms with van der Waals surface area (Å²) < 4.78 is 5.89. The van der Waals surface area contributed by atoms with Gasteiger partial charge in [-0.15, -0.1) is 0 Å². The average Bonchev–Trinajstić information content (AvgIpc) is 2.59. The average molecular weight is 306 g/mol. The molecule has 0 aliphatic carbocycles. The van der Waals surface area contributed by atoms with Crippen molar-refractivity contribution in [2.75, 3.05) is 0 Å². The Labute approximate surface area is 116 Å². The molecular formula is C10H5Cl2NO2S2. The lowest BCUT2D eigenvalue weighted by Gasteiger charge is -2.00. The summed E-state index contributed by atoms with van der Waals surface area (Å²) >= 11 is 13.4. The zero-order valence-corrected chi connectivity index (χ0v) is 11.4. The van der Waals surface area contributed by atoms with Crippen molar-refractivity contribution in [1.29, 1.82) is 0 Å². The Kier molecular flexibility index (Phi) is 4.28. The Morgan fingerprint density at radius 1 is 1.29 bits per heavy atom. The van der Waals surface area contributed by atoms with Gasteiger partial charge in [-0.3, -0.25) is 0 Å².